The zero-order chi connectivity index (χ0) is 13.9. The molecule has 3 nitrogen and oxygen atoms in total. The molecule has 0 saturated carbocycles. The number of para-hydroxylation sites is 1. The molecule has 104 valence electrons. The number of carbonyl (C=O) groups excluding carboxylic acids is 1. The van der Waals surface area contributed by atoms with E-state index in [1.165, 1.54) is 4.88 Å². The van der Waals surface area contributed by atoms with Crippen molar-refractivity contribution in [3.05, 3.63) is 52.2 Å². The lowest BCUT2D eigenvalue weighted by atomic mass is 10.1. The molecule has 0 spiro atoms. The van der Waals surface area contributed by atoms with Crippen LogP contribution in [0.4, 0.5) is 0 Å². The number of hydrogen-bond acceptors (Lipinski definition) is 3. The van der Waals surface area contributed by atoms with Crippen molar-refractivity contribution in [3.8, 4) is 5.75 Å². The molecule has 4 heteroatoms. The molecule has 2 aromatic rings. The Morgan fingerprint density at radius 3 is 2.90 bits per heavy atom. The van der Waals surface area contributed by atoms with Gasteiger partial charge in [0.25, 0.3) is 5.91 Å². The van der Waals surface area contributed by atoms with Crippen LogP contribution in [0.25, 0.3) is 0 Å². The molecule has 20 heavy (non-hydrogen) atoms. The Kier molecular flexibility index (Phi) is 3.74. The van der Waals surface area contributed by atoms with Gasteiger partial charge < -0.3 is 9.64 Å². The van der Waals surface area contributed by atoms with Crippen LogP contribution in [0.2, 0.25) is 0 Å². The van der Waals surface area contributed by atoms with Gasteiger partial charge in [0.15, 0.2) is 0 Å². The maximum Gasteiger partial charge on any atom is 0.258 e. The average molecular weight is 287 g/mol. The van der Waals surface area contributed by atoms with E-state index < -0.39 is 0 Å². The molecule has 0 N–H and O–H groups in total. The van der Waals surface area contributed by atoms with Gasteiger partial charge in [0.1, 0.15) is 5.75 Å². The lowest BCUT2D eigenvalue weighted by Gasteiger charge is -2.24. The molecule has 1 aliphatic rings. The summed E-state index contributed by atoms with van der Waals surface area (Å²) in [4.78, 5) is 16.0. The van der Waals surface area contributed by atoms with E-state index >= 15 is 0 Å². The number of hydrogen-bond donors (Lipinski definition) is 0. The molecular weight excluding hydrogens is 270 g/mol. The van der Waals surface area contributed by atoms with Gasteiger partial charge in [-0.15, -0.1) is 11.3 Å². The van der Waals surface area contributed by atoms with Crippen molar-refractivity contribution in [3.63, 3.8) is 0 Å². The number of rotatable bonds is 3. The van der Waals surface area contributed by atoms with Crippen LogP contribution >= 0.6 is 11.3 Å². The summed E-state index contributed by atoms with van der Waals surface area (Å²) >= 11 is 1.72. The Hall–Kier alpha value is -1.81. The van der Waals surface area contributed by atoms with E-state index in [2.05, 4.69) is 11.4 Å². The summed E-state index contributed by atoms with van der Waals surface area (Å²) in [6.45, 7) is 0.819. The van der Waals surface area contributed by atoms with Crippen molar-refractivity contribution in [2.45, 2.75) is 18.9 Å². The number of nitrogens with zero attached hydrogens (tertiary/aromatic N) is 1. The standard InChI is InChI=1S/C16H17NO2S/c1-19-14-8-3-2-6-12(14)16(18)17-10-4-7-13(17)15-9-5-11-20-15/h2-3,5-6,8-9,11,13H,4,7,10H2,1H3/t13-/m1/s1. The normalized spacial score (nSPS) is 18.2. The fourth-order valence-corrected chi connectivity index (χ4v) is 3.64. The first kappa shape index (κ1) is 13.2. The van der Waals surface area contributed by atoms with E-state index in [0.29, 0.717) is 11.3 Å². The van der Waals surface area contributed by atoms with Gasteiger partial charge in [-0.2, -0.15) is 0 Å². The first-order valence-corrected chi connectivity index (χ1v) is 7.66. The second-order valence-corrected chi connectivity index (χ2v) is 5.85. The minimum atomic E-state index is 0.0679. The first-order chi connectivity index (χ1) is 9.81. The van der Waals surface area contributed by atoms with Crippen LogP contribution in [0, 0.1) is 0 Å². The highest BCUT2D eigenvalue weighted by Gasteiger charge is 2.32. The number of benzene rings is 1. The van der Waals surface area contributed by atoms with Crippen LogP contribution in [-0.2, 0) is 0 Å². The number of amides is 1. The fraction of sp³-hybridized carbons (Fsp3) is 0.312. The smallest absolute Gasteiger partial charge is 0.258 e. The predicted octanol–water partition coefficient (Wildman–Crippen LogP) is 3.73. The quantitative estimate of drug-likeness (QED) is 0.860. The van der Waals surface area contributed by atoms with Gasteiger partial charge in [-0.25, -0.2) is 0 Å². The Balaban J connectivity index is 1.90. The van der Waals surface area contributed by atoms with Crippen LogP contribution in [-0.4, -0.2) is 24.5 Å². The second kappa shape index (κ2) is 5.67. The van der Waals surface area contributed by atoms with Gasteiger partial charge in [0.05, 0.1) is 18.7 Å². The monoisotopic (exact) mass is 287 g/mol. The molecular formula is C16H17NO2S. The molecule has 0 unspecified atom stereocenters. The third-order valence-electron chi connectivity index (χ3n) is 3.72. The largest absolute Gasteiger partial charge is 0.496 e. The number of thiophene rings is 1. The maximum atomic E-state index is 12.8. The molecule has 2 heterocycles. The molecule has 3 rings (SSSR count). The second-order valence-electron chi connectivity index (χ2n) is 4.87. The highest BCUT2D eigenvalue weighted by atomic mass is 32.1. The summed E-state index contributed by atoms with van der Waals surface area (Å²) in [5.41, 5.74) is 0.651. The van der Waals surface area contributed by atoms with Gasteiger partial charge in [-0.1, -0.05) is 18.2 Å². The van der Waals surface area contributed by atoms with E-state index in [1.807, 2.05) is 35.2 Å². The fourth-order valence-electron chi connectivity index (χ4n) is 2.76. The molecule has 1 saturated heterocycles. The van der Waals surface area contributed by atoms with Gasteiger partial charge >= 0.3 is 0 Å². The highest BCUT2D eigenvalue weighted by molar-refractivity contribution is 7.10. The van der Waals surface area contributed by atoms with Crippen molar-refractivity contribution < 1.29 is 9.53 Å². The number of ether oxygens (including phenoxy) is 1. The summed E-state index contributed by atoms with van der Waals surface area (Å²) in [6.07, 6.45) is 2.10. The van der Waals surface area contributed by atoms with E-state index in [9.17, 15) is 4.79 Å². The van der Waals surface area contributed by atoms with Crippen molar-refractivity contribution >= 4 is 17.2 Å². The highest BCUT2D eigenvalue weighted by Crippen LogP contribution is 2.36. The molecule has 1 aromatic heterocycles. The van der Waals surface area contributed by atoms with Crippen LogP contribution in [0.1, 0.15) is 34.1 Å². The van der Waals surface area contributed by atoms with Crippen molar-refractivity contribution in [1.29, 1.82) is 0 Å². The molecule has 1 amide bonds. The molecule has 1 aliphatic heterocycles. The Morgan fingerprint density at radius 2 is 2.15 bits per heavy atom. The van der Waals surface area contributed by atoms with Gasteiger partial charge in [-0.3, -0.25) is 4.79 Å². The Morgan fingerprint density at radius 1 is 1.30 bits per heavy atom. The van der Waals surface area contributed by atoms with Crippen LogP contribution in [0.3, 0.4) is 0 Å². The van der Waals surface area contributed by atoms with Gasteiger partial charge in [0.2, 0.25) is 0 Å². The third kappa shape index (κ3) is 2.31. The maximum absolute atomic E-state index is 12.8. The van der Waals surface area contributed by atoms with E-state index in [0.717, 1.165) is 19.4 Å². The first-order valence-electron chi connectivity index (χ1n) is 6.78. The van der Waals surface area contributed by atoms with Crippen molar-refractivity contribution in [2.75, 3.05) is 13.7 Å². The van der Waals surface area contributed by atoms with Crippen LogP contribution < -0.4 is 4.74 Å². The predicted molar refractivity (Wildman–Crippen MR) is 80.3 cm³/mol. The third-order valence-corrected chi connectivity index (χ3v) is 4.70. The Labute approximate surface area is 122 Å². The summed E-state index contributed by atoms with van der Waals surface area (Å²) in [5, 5.41) is 2.07. The van der Waals surface area contributed by atoms with E-state index in [1.54, 1.807) is 18.4 Å². The minimum Gasteiger partial charge on any atom is -0.496 e. The van der Waals surface area contributed by atoms with Gasteiger partial charge in [0, 0.05) is 11.4 Å². The van der Waals surface area contributed by atoms with Crippen molar-refractivity contribution in [2.24, 2.45) is 0 Å². The zero-order valence-corrected chi connectivity index (χ0v) is 12.2. The average Bonchev–Trinajstić information content (AvgIpc) is 3.16. The Bertz CT molecular complexity index is 594. The summed E-state index contributed by atoms with van der Waals surface area (Å²) in [6, 6.07) is 11.8. The zero-order valence-electron chi connectivity index (χ0n) is 11.4. The number of likely N-dealkylation sites (tertiary alicyclic amines) is 1. The minimum absolute atomic E-state index is 0.0679. The molecule has 1 fully saturated rings. The molecule has 0 radical (unpaired) electrons. The molecule has 1 atom stereocenters. The van der Waals surface area contributed by atoms with Gasteiger partial charge in [-0.05, 0) is 36.4 Å². The van der Waals surface area contributed by atoms with E-state index in [-0.39, 0.29) is 11.9 Å². The lowest BCUT2D eigenvalue weighted by Crippen LogP contribution is -2.30. The molecule has 0 aliphatic carbocycles. The van der Waals surface area contributed by atoms with Crippen LogP contribution in [0.5, 0.6) is 5.75 Å². The summed E-state index contributed by atoms with van der Waals surface area (Å²) in [5.74, 6) is 0.715. The van der Waals surface area contributed by atoms with Crippen molar-refractivity contribution in [1.82, 2.24) is 4.90 Å². The molecule has 0 bridgehead atoms. The van der Waals surface area contributed by atoms with E-state index in [4.69, 9.17) is 4.74 Å². The molecule has 1 aromatic carbocycles. The lowest BCUT2D eigenvalue weighted by molar-refractivity contribution is 0.0734. The summed E-state index contributed by atoms with van der Waals surface area (Å²) in [7, 11) is 1.60. The van der Waals surface area contributed by atoms with Crippen LogP contribution in [0.15, 0.2) is 41.8 Å². The number of methoxy groups -OCH3 is 1. The summed E-state index contributed by atoms with van der Waals surface area (Å²) < 4.78 is 5.31. The topological polar surface area (TPSA) is 29.5 Å². The SMILES string of the molecule is COc1ccccc1C(=O)N1CCC[C@@H]1c1cccs1. The number of carbonyl (C=O) groups is 1.